The predicted molar refractivity (Wildman–Crippen MR) is 190 cm³/mol. The van der Waals surface area contributed by atoms with Gasteiger partial charge in [0.15, 0.2) is 23.3 Å². The molecule has 7 rings (SSSR count). The van der Waals surface area contributed by atoms with E-state index in [2.05, 4.69) is 15.0 Å². The van der Waals surface area contributed by atoms with Crippen molar-refractivity contribution in [1.29, 1.82) is 0 Å². The number of benzene rings is 2. The summed E-state index contributed by atoms with van der Waals surface area (Å²) < 4.78 is 29.5. The zero-order valence-corrected chi connectivity index (χ0v) is 28.9. The largest absolute Gasteiger partial charge is 0.507 e. The van der Waals surface area contributed by atoms with E-state index in [-0.39, 0.29) is 47.9 Å². The molecule has 5 aliphatic rings. The van der Waals surface area contributed by atoms with Crippen LogP contribution in [0.5, 0.6) is 28.7 Å². The molecule has 2 aromatic carbocycles. The van der Waals surface area contributed by atoms with E-state index in [0.29, 0.717) is 43.0 Å². The number of amidine groups is 1. The monoisotopic (exact) mass is 749 g/mol. The van der Waals surface area contributed by atoms with Gasteiger partial charge in [-0.15, -0.1) is 0 Å². The first-order valence-corrected chi connectivity index (χ1v) is 17.5. The van der Waals surface area contributed by atoms with Crippen molar-refractivity contribution < 1.29 is 69.6 Å². The van der Waals surface area contributed by atoms with Gasteiger partial charge in [0.05, 0.1) is 13.2 Å². The number of nitrogens with zero attached hydrogens (tertiary/aromatic N) is 3. The van der Waals surface area contributed by atoms with Gasteiger partial charge in [-0.1, -0.05) is 18.6 Å². The van der Waals surface area contributed by atoms with Crippen LogP contribution >= 0.6 is 0 Å². The molecule has 17 nitrogen and oxygen atoms in total. The van der Waals surface area contributed by atoms with Crippen LogP contribution in [0.4, 0.5) is 0 Å². The van der Waals surface area contributed by atoms with E-state index in [9.17, 15) is 40.5 Å². The Morgan fingerprint density at radius 1 is 1.06 bits per heavy atom. The molecule has 286 valence electrons. The van der Waals surface area contributed by atoms with Gasteiger partial charge in [-0.05, 0) is 41.6 Å². The lowest BCUT2D eigenvalue weighted by Crippen LogP contribution is -2.69. The lowest BCUT2D eigenvalue weighted by molar-refractivity contribution is -0.303. The lowest BCUT2D eigenvalue weighted by Gasteiger charge is -2.46. The highest BCUT2D eigenvalue weighted by molar-refractivity contribution is 6.13. The Labute approximate surface area is 308 Å². The molecule has 2 aromatic rings. The Morgan fingerprint density at radius 3 is 2.48 bits per heavy atom. The summed E-state index contributed by atoms with van der Waals surface area (Å²) in [4.78, 5) is 24.5. The number of phenolic OH excluding ortho intramolecular Hbond substituents is 1. The van der Waals surface area contributed by atoms with Crippen molar-refractivity contribution in [2.75, 3.05) is 13.2 Å². The summed E-state index contributed by atoms with van der Waals surface area (Å²) in [6.07, 6.45) is -0.429. The number of hydrogen-bond acceptors (Lipinski definition) is 14. The van der Waals surface area contributed by atoms with E-state index in [1.807, 2.05) is 6.08 Å². The first-order valence-electron chi connectivity index (χ1n) is 17.5. The minimum Gasteiger partial charge on any atom is -0.507 e. The number of carboxylic acids is 1. The Bertz CT molecular complexity index is 1950. The van der Waals surface area contributed by atoms with Gasteiger partial charge in [0.2, 0.25) is 17.8 Å². The molecule has 0 amide bonds. The van der Waals surface area contributed by atoms with Gasteiger partial charge in [-0.3, -0.25) is 10.4 Å². The van der Waals surface area contributed by atoms with E-state index in [1.54, 1.807) is 30.3 Å². The summed E-state index contributed by atoms with van der Waals surface area (Å²) in [6.45, 7) is 0.415. The quantitative estimate of drug-likeness (QED) is 0.140. The van der Waals surface area contributed by atoms with Crippen molar-refractivity contribution in [3.63, 3.8) is 0 Å². The fraction of sp³-hybridized carbons (Fsp3) is 0.432. The number of phenols is 1. The minimum atomic E-state index is -2.53. The van der Waals surface area contributed by atoms with Gasteiger partial charge in [0.25, 0.3) is 0 Å². The molecule has 0 spiro atoms. The molecule has 17 heteroatoms. The Hall–Kier alpha value is -5.33. The molecule has 4 heterocycles. The second-order valence-electron chi connectivity index (χ2n) is 13.7. The topological polar surface area (TPSA) is 268 Å². The maximum Gasteiger partial charge on any atom is 0.336 e. The number of aromatic hydroxyl groups is 1. The second-order valence-corrected chi connectivity index (χ2v) is 13.7. The minimum absolute atomic E-state index is 0.0550. The predicted octanol–water partition coefficient (Wildman–Crippen LogP) is 0.908. The maximum atomic E-state index is 12.4. The molecule has 0 radical (unpaired) electrons. The van der Waals surface area contributed by atoms with Gasteiger partial charge in [-0.25, -0.2) is 9.79 Å². The van der Waals surface area contributed by atoms with Gasteiger partial charge in [-0.2, -0.15) is 0 Å². The van der Waals surface area contributed by atoms with E-state index in [1.165, 1.54) is 18.5 Å². The maximum absolute atomic E-state index is 12.4. The fourth-order valence-electron chi connectivity index (χ4n) is 7.04. The van der Waals surface area contributed by atoms with E-state index in [4.69, 9.17) is 29.1 Å². The Kier molecular flexibility index (Phi) is 10.2. The van der Waals surface area contributed by atoms with Crippen molar-refractivity contribution in [2.45, 2.75) is 87.0 Å². The number of aliphatic carboxylic acids is 1. The first kappa shape index (κ1) is 37.0. The zero-order valence-electron chi connectivity index (χ0n) is 28.9. The van der Waals surface area contributed by atoms with Crippen LogP contribution in [-0.4, -0.2) is 114 Å². The van der Waals surface area contributed by atoms with Crippen LogP contribution in [0, 0.1) is 0 Å². The third-order valence-electron chi connectivity index (χ3n) is 9.87. The Morgan fingerprint density at radius 2 is 1.81 bits per heavy atom. The molecular weight excluding hydrogens is 708 g/mol. The summed E-state index contributed by atoms with van der Waals surface area (Å²) in [6, 6.07) is 8.12. The number of aliphatic imine (C=N–C) groups is 3. The van der Waals surface area contributed by atoms with Crippen molar-refractivity contribution in [3.8, 4) is 28.7 Å². The van der Waals surface area contributed by atoms with Crippen LogP contribution in [0.25, 0.3) is 5.76 Å². The summed E-state index contributed by atoms with van der Waals surface area (Å²) in [5, 5.41) is 83.5. The van der Waals surface area contributed by atoms with Crippen LogP contribution in [0.2, 0.25) is 0 Å². The van der Waals surface area contributed by atoms with Gasteiger partial charge in [0.1, 0.15) is 53.1 Å². The molecule has 2 fully saturated rings. The number of aliphatic hydroxyl groups excluding tert-OH is 3. The summed E-state index contributed by atoms with van der Waals surface area (Å²) in [5.74, 6) is -4.43. The van der Waals surface area contributed by atoms with Crippen molar-refractivity contribution in [3.05, 3.63) is 59.7 Å². The summed E-state index contributed by atoms with van der Waals surface area (Å²) in [5.41, 5.74) is -1.06. The number of hydrogen-bond donors (Lipinski definition) is 8. The molecular formula is C37H41N4O13+. The third kappa shape index (κ3) is 7.40. The number of allylic oxidation sites excluding steroid dienone is 1. The third-order valence-corrected chi connectivity index (χ3v) is 9.87. The van der Waals surface area contributed by atoms with Crippen molar-refractivity contribution in [1.82, 2.24) is 0 Å². The Balaban J connectivity index is 1.16. The highest BCUT2D eigenvalue weighted by atomic mass is 16.7. The van der Waals surface area contributed by atoms with E-state index >= 15 is 0 Å². The van der Waals surface area contributed by atoms with Gasteiger partial charge in [0, 0.05) is 49.6 Å². The molecule has 0 aromatic heterocycles. The molecule has 0 bridgehead atoms. The van der Waals surface area contributed by atoms with E-state index in [0.717, 1.165) is 12.1 Å². The molecule has 1 aliphatic carbocycles. The highest BCUT2D eigenvalue weighted by Crippen LogP contribution is 2.52. The van der Waals surface area contributed by atoms with Crippen molar-refractivity contribution in [2.24, 2.45) is 15.0 Å². The number of nitrogens with two attached hydrogens (primary N) is 1. The smallest absolute Gasteiger partial charge is 0.336 e. The summed E-state index contributed by atoms with van der Waals surface area (Å²) in [7, 11) is 0. The SMILES string of the molecule is [NH2+]=C1C=CC(CCOc2ccc(C3C=C(O)c4c(cc(O[C@@H]5O[C@H](C(=O)O)[C@](O)(CC6=NC=NC6)[C@@H](O)[C@H]5O)c(OC5(O)CCCCC5)c4O)O3)cc2)=N1. The number of aliphatic hydroxyl groups is 5. The average Bonchev–Trinajstić information content (AvgIpc) is 3.81. The summed E-state index contributed by atoms with van der Waals surface area (Å²) >= 11 is 0. The lowest BCUT2D eigenvalue weighted by atomic mass is 9.80. The second kappa shape index (κ2) is 14.8. The molecule has 9 N–H and O–H groups in total. The molecule has 1 saturated carbocycles. The number of fused-ring (bicyclic) bond motifs is 1. The van der Waals surface area contributed by atoms with Crippen LogP contribution in [0.3, 0.4) is 0 Å². The molecule has 1 unspecified atom stereocenters. The zero-order chi connectivity index (χ0) is 38.2. The highest BCUT2D eigenvalue weighted by Gasteiger charge is 2.59. The van der Waals surface area contributed by atoms with Gasteiger partial charge >= 0.3 is 11.8 Å². The van der Waals surface area contributed by atoms with Crippen LogP contribution < -0.4 is 24.4 Å². The van der Waals surface area contributed by atoms with Crippen LogP contribution in [0.15, 0.2) is 63.5 Å². The van der Waals surface area contributed by atoms with E-state index < -0.39 is 66.0 Å². The number of carbonyl (C=O) groups is 1. The van der Waals surface area contributed by atoms with Crippen molar-refractivity contribution >= 4 is 35.3 Å². The number of carboxylic acid groups (broad SMARTS) is 1. The molecule has 54 heavy (non-hydrogen) atoms. The molecule has 1 saturated heterocycles. The fourth-order valence-corrected chi connectivity index (χ4v) is 7.04. The van der Waals surface area contributed by atoms with Gasteiger partial charge < -0.3 is 59.4 Å². The average molecular weight is 750 g/mol. The first-order chi connectivity index (χ1) is 25.8. The molecule has 6 atom stereocenters. The molecule has 4 aliphatic heterocycles. The normalized spacial score (nSPS) is 28.4. The van der Waals surface area contributed by atoms with Crippen LogP contribution in [-0.2, 0) is 9.53 Å². The number of ether oxygens (including phenoxy) is 5. The standard InChI is InChI=1S/C37H40N4O13/c38-27-9-6-20(41-27)10-13-50-22-7-4-19(5-8-22)24-14-23(42)28-25(51-24)15-26(31(29(28)43)54-36(48)11-2-1-3-12-36)52-35-30(44)32(45)37(49,33(53-35)34(46)47)16-21-17-39-18-40-21/h4-9,14-15,18,24,30,32-33,35,38,42-45,48-49H,1-3,10-13,16-17H2,(H,46,47)/p+1/t24?,30-,32+,33-,35-,37+/m1/s1. The van der Waals surface area contributed by atoms with Crippen LogP contribution in [0.1, 0.15) is 62.2 Å². The number of rotatable bonds is 12.